The number of piperidine rings is 1. The predicted octanol–water partition coefficient (Wildman–Crippen LogP) is 4.94. The third-order valence-electron chi connectivity index (χ3n) is 9.87. The number of rotatable bonds is 13. The van der Waals surface area contributed by atoms with Crippen molar-refractivity contribution in [1.29, 1.82) is 0 Å². The highest BCUT2D eigenvalue weighted by molar-refractivity contribution is 6.06. The van der Waals surface area contributed by atoms with E-state index in [9.17, 15) is 24.9 Å². The number of aliphatic hydroxyl groups is 2. The number of nitrogens with zero attached hydrogens (tertiary/aromatic N) is 2. The van der Waals surface area contributed by atoms with Crippen LogP contribution < -0.4 is 0 Å². The Morgan fingerprint density at radius 2 is 1.73 bits per heavy atom. The molecule has 3 aliphatic rings. The standard InChI is InChI=1S/C37H48N2O6/c1-3-9-25(20-27-12-7-8-13-32(27)41)14-15-33(42)34-28(24-45-2)21-30-35(31(34)23-40)37(44)39(36(30)43)29-16-18-38(19-17-29)22-26-10-5-4-6-11-26/h4-8,10-13,20,29-31,33,35,40-42H,3,9,14-19,21-24H2,1-2H3/b25-20+/t30-,31+,33-,35-/m1/s1. The van der Waals surface area contributed by atoms with E-state index < -0.39 is 23.9 Å². The number of hydrogen-bond acceptors (Lipinski definition) is 7. The summed E-state index contributed by atoms with van der Waals surface area (Å²) in [6, 6.07) is 17.4. The van der Waals surface area contributed by atoms with Crippen LogP contribution in [0.4, 0.5) is 0 Å². The Bertz CT molecular complexity index is 1380. The molecule has 2 aromatic carbocycles. The number of carbonyl (C=O) groups is 2. The molecule has 45 heavy (non-hydrogen) atoms. The number of imide groups is 1. The van der Waals surface area contributed by atoms with Crippen molar-refractivity contribution < 1.29 is 29.6 Å². The van der Waals surface area contributed by atoms with Gasteiger partial charge in [-0.1, -0.05) is 73.5 Å². The summed E-state index contributed by atoms with van der Waals surface area (Å²) < 4.78 is 5.52. The Morgan fingerprint density at radius 1 is 1.02 bits per heavy atom. The van der Waals surface area contributed by atoms with Gasteiger partial charge in [0.05, 0.1) is 31.2 Å². The molecule has 5 rings (SSSR count). The Labute approximate surface area is 267 Å². The van der Waals surface area contributed by atoms with Crippen molar-refractivity contribution in [1.82, 2.24) is 9.80 Å². The average Bonchev–Trinajstić information content (AvgIpc) is 3.30. The van der Waals surface area contributed by atoms with Gasteiger partial charge in [0.2, 0.25) is 11.8 Å². The normalized spacial score (nSPS) is 24.0. The fourth-order valence-electron chi connectivity index (χ4n) is 7.73. The van der Waals surface area contributed by atoms with E-state index in [1.54, 1.807) is 19.2 Å². The number of allylic oxidation sites excluding steroid dienone is 1. The molecular formula is C37H48N2O6. The summed E-state index contributed by atoms with van der Waals surface area (Å²) in [6.45, 7) is 4.47. The maximum atomic E-state index is 14.0. The minimum atomic E-state index is -0.893. The molecule has 242 valence electrons. The minimum Gasteiger partial charge on any atom is -0.507 e. The van der Waals surface area contributed by atoms with Gasteiger partial charge in [0, 0.05) is 44.3 Å². The van der Waals surface area contributed by atoms with Gasteiger partial charge in [-0.3, -0.25) is 19.4 Å². The van der Waals surface area contributed by atoms with E-state index >= 15 is 0 Å². The van der Waals surface area contributed by atoms with Crippen LogP contribution in [-0.2, 0) is 20.9 Å². The Hall–Kier alpha value is -3.30. The van der Waals surface area contributed by atoms with Crippen LogP contribution in [0, 0.1) is 17.8 Å². The molecule has 8 heteroatoms. The predicted molar refractivity (Wildman–Crippen MR) is 174 cm³/mol. The molecule has 0 unspecified atom stereocenters. The number of phenolic OH excluding ortho intramolecular Hbond substituents is 1. The Morgan fingerprint density at radius 3 is 2.40 bits per heavy atom. The second-order valence-electron chi connectivity index (χ2n) is 12.8. The third kappa shape index (κ3) is 7.41. The first-order valence-corrected chi connectivity index (χ1v) is 16.5. The van der Waals surface area contributed by atoms with Crippen LogP contribution in [0.1, 0.15) is 63.0 Å². The summed E-state index contributed by atoms with van der Waals surface area (Å²) in [5, 5.41) is 32.6. The van der Waals surface area contributed by atoms with Crippen LogP contribution in [0.2, 0.25) is 0 Å². The number of aliphatic hydroxyl groups excluding tert-OH is 2. The van der Waals surface area contributed by atoms with Crippen molar-refractivity contribution in [2.45, 2.75) is 70.6 Å². The monoisotopic (exact) mass is 616 g/mol. The minimum absolute atomic E-state index is 0.150. The second-order valence-corrected chi connectivity index (χ2v) is 12.8. The summed E-state index contributed by atoms with van der Waals surface area (Å²) in [7, 11) is 1.59. The smallest absolute Gasteiger partial charge is 0.234 e. The summed E-state index contributed by atoms with van der Waals surface area (Å²) >= 11 is 0. The van der Waals surface area contributed by atoms with Gasteiger partial charge in [0.1, 0.15) is 5.75 Å². The molecule has 2 fully saturated rings. The fraction of sp³-hybridized carbons (Fsp3) is 0.514. The van der Waals surface area contributed by atoms with E-state index in [4.69, 9.17) is 4.74 Å². The molecule has 0 radical (unpaired) electrons. The van der Waals surface area contributed by atoms with Crippen LogP contribution in [0.5, 0.6) is 5.75 Å². The van der Waals surface area contributed by atoms with Crippen molar-refractivity contribution in [3.8, 4) is 5.75 Å². The first-order chi connectivity index (χ1) is 21.9. The molecule has 8 nitrogen and oxygen atoms in total. The topological polar surface area (TPSA) is 111 Å². The molecule has 2 aromatic rings. The maximum Gasteiger partial charge on any atom is 0.234 e. The van der Waals surface area contributed by atoms with E-state index in [1.165, 1.54) is 10.5 Å². The number of ether oxygens (including phenoxy) is 1. The van der Waals surface area contributed by atoms with Gasteiger partial charge < -0.3 is 20.1 Å². The van der Waals surface area contributed by atoms with E-state index in [0.29, 0.717) is 24.8 Å². The first kappa shape index (κ1) is 33.1. The molecule has 1 aliphatic carbocycles. The third-order valence-corrected chi connectivity index (χ3v) is 9.87. The number of carbonyl (C=O) groups excluding carboxylic acids is 2. The summed E-state index contributed by atoms with van der Waals surface area (Å²) in [6.07, 6.45) is 5.65. The quantitative estimate of drug-likeness (QED) is 0.216. The lowest BCUT2D eigenvalue weighted by atomic mass is 9.68. The van der Waals surface area contributed by atoms with Crippen molar-refractivity contribution in [2.75, 3.05) is 33.4 Å². The highest BCUT2D eigenvalue weighted by Crippen LogP contribution is 2.47. The second kappa shape index (κ2) is 15.3. The van der Waals surface area contributed by atoms with Gasteiger partial charge in [-0.05, 0) is 61.3 Å². The highest BCUT2D eigenvalue weighted by Gasteiger charge is 2.56. The van der Waals surface area contributed by atoms with E-state index in [1.807, 2.05) is 36.4 Å². The zero-order valence-electron chi connectivity index (χ0n) is 26.6. The molecule has 0 saturated carbocycles. The average molecular weight is 617 g/mol. The van der Waals surface area contributed by atoms with Crippen LogP contribution in [-0.4, -0.2) is 82.5 Å². The number of benzene rings is 2. The number of methoxy groups -OCH3 is 1. The summed E-state index contributed by atoms with van der Waals surface area (Å²) in [5.41, 5.74) is 4.56. The van der Waals surface area contributed by atoms with Gasteiger partial charge in [-0.2, -0.15) is 0 Å². The zero-order chi connectivity index (χ0) is 31.9. The summed E-state index contributed by atoms with van der Waals surface area (Å²) in [4.78, 5) is 31.8. The zero-order valence-corrected chi connectivity index (χ0v) is 26.6. The van der Waals surface area contributed by atoms with Crippen molar-refractivity contribution in [3.05, 3.63) is 82.4 Å². The molecule has 2 aliphatic heterocycles. The molecule has 0 aromatic heterocycles. The molecule has 0 bridgehead atoms. The van der Waals surface area contributed by atoms with Crippen LogP contribution in [0.3, 0.4) is 0 Å². The number of para-hydroxylation sites is 1. The molecule has 0 spiro atoms. The number of phenols is 1. The fourth-order valence-corrected chi connectivity index (χ4v) is 7.73. The van der Waals surface area contributed by atoms with Gasteiger partial charge >= 0.3 is 0 Å². The molecule has 2 saturated heterocycles. The van der Waals surface area contributed by atoms with Crippen molar-refractivity contribution in [3.63, 3.8) is 0 Å². The summed E-state index contributed by atoms with van der Waals surface area (Å²) in [5.74, 6) is -2.01. The molecular weight excluding hydrogens is 568 g/mol. The van der Waals surface area contributed by atoms with Gasteiger partial charge in [-0.25, -0.2) is 0 Å². The lowest BCUT2D eigenvalue weighted by molar-refractivity contribution is -0.144. The van der Waals surface area contributed by atoms with Crippen LogP contribution in [0.25, 0.3) is 6.08 Å². The van der Waals surface area contributed by atoms with Crippen LogP contribution >= 0.6 is 0 Å². The Kier molecular flexibility index (Phi) is 11.3. The number of amides is 2. The highest BCUT2D eigenvalue weighted by atomic mass is 16.5. The van der Waals surface area contributed by atoms with E-state index in [0.717, 1.165) is 62.0 Å². The first-order valence-electron chi connectivity index (χ1n) is 16.5. The lowest BCUT2D eigenvalue weighted by Crippen LogP contribution is -2.47. The lowest BCUT2D eigenvalue weighted by Gasteiger charge is -2.37. The van der Waals surface area contributed by atoms with Gasteiger partial charge in [0.15, 0.2) is 0 Å². The number of hydrogen-bond donors (Lipinski definition) is 3. The molecule has 3 N–H and O–H groups in total. The Balaban J connectivity index is 1.30. The van der Waals surface area contributed by atoms with Gasteiger partial charge in [-0.15, -0.1) is 0 Å². The molecule has 2 amide bonds. The molecule has 2 heterocycles. The van der Waals surface area contributed by atoms with Crippen molar-refractivity contribution >= 4 is 17.9 Å². The number of aromatic hydroxyl groups is 1. The van der Waals surface area contributed by atoms with Crippen LogP contribution in [0.15, 0.2) is 71.3 Å². The molecule has 4 atom stereocenters. The maximum absolute atomic E-state index is 14.0. The van der Waals surface area contributed by atoms with E-state index in [-0.39, 0.29) is 36.8 Å². The van der Waals surface area contributed by atoms with E-state index in [2.05, 4.69) is 24.0 Å². The largest absolute Gasteiger partial charge is 0.507 e. The van der Waals surface area contributed by atoms with Gasteiger partial charge in [0.25, 0.3) is 0 Å². The SMILES string of the molecule is CCC/C(=C\c1ccccc1O)CC[C@@H](O)C1=C(COC)C[C@H]2C(=O)N(C3CCN(Cc4ccccc4)CC3)C(=O)[C@H]2[C@H]1CO. The van der Waals surface area contributed by atoms with Crippen molar-refractivity contribution in [2.24, 2.45) is 17.8 Å². The number of fused-ring (bicyclic) bond motifs is 1. The number of likely N-dealkylation sites (tertiary alicyclic amines) is 2.